The second kappa shape index (κ2) is 19.8. The van der Waals surface area contributed by atoms with E-state index >= 15 is 0 Å². The molecule has 6 amide bonds. The third-order valence-corrected chi connectivity index (χ3v) is 10.8. The predicted molar refractivity (Wildman–Crippen MR) is 242 cm³/mol. The highest BCUT2D eigenvalue weighted by Gasteiger charge is 2.26. The molecule has 1 aliphatic rings. The molecule has 0 radical (unpaired) electrons. The van der Waals surface area contributed by atoms with Crippen molar-refractivity contribution in [2.75, 3.05) is 32.1 Å². The molecule has 67 heavy (non-hydrogen) atoms. The number of nitrogens with two attached hydrogens (primary N) is 2. The third kappa shape index (κ3) is 9.96. The van der Waals surface area contributed by atoms with E-state index in [2.05, 4.69) is 25.8 Å². The Morgan fingerprint density at radius 3 is 1.93 bits per heavy atom. The lowest BCUT2D eigenvalue weighted by atomic mass is 10.1. The molecule has 0 saturated heterocycles. The van der Waals surface area contributed by atoms with E-state index in [1.54, 1.807) is 44.5 Å². The van der Waals surface area contributed by atoms with Gasteiger partial charge in [0.2, 0.25) is 23.7 Å². The number of carbonyl (C=O) groups is 7. The van der Waals surface area contributed by atoms with Crippen molar-refractivity contribution in [3.05, 3.63) is 100 Å². The number of imidazole rings is 2. The van der Waals surface area contributed by atoms with Gasteiger partial charge in [0.1, 0.15) is 46.3 Å². The number of ether oxygens (including phenoxy) is 2. The Balaban J connectivity index is 1.21. The smallest absolute Gasteiger partial charge is 0.276 e. The van der Waals surface area contributed by atoms with Crippen LogP contribution in [-0.4, -0.2) is 112 Å². The van der Waals surface area contributed by atoms with E-state index in [0.29, 0.717) is 63.8 Å². The van der Waals surface area contributed by atoms with Crippen LogP contribution in [0.3, 0.4) is 0 Å². The zero-order chi connectivity index (χ0) is 48.1. The number of methoxy groups -OCH3 is 1. The maximum absolute atomic E-state index is 13.9. The van der Waals surface area contributed by atoms with E-state index in [4.69, 9.17) is 25.9 Å². The van der Waals surface area contributed by atoms with E-state index in [0.717, 1.165) is 17.1 Å². The normalized spacial score (nSPS) is 12.5. The number of rotatable bonds is 21. The molecule has 0 aliphatic carbocycles. The number of aromatic nitrogens is 8. The average Bonchev–Trinajstić information content (AvgIpc) is 4.11. The number of allylic oxidation sites excluding steroid dienone is 2. The minimum atomic E-state index is -0.739. The summed E-state index contributed by atoms with van der Waals surface area (Å²) in [6.45, 7) is 8.24. The first kappa shape index (κ1) is 46.6. The molecule has 5 heterocycles. The number of hydrogen-bond acceptors (Lipinski definition) is 13. The lowest BCUT2D eigenvalue weighted by molar-refractivity contribution is -0.141. The number of anilines is 1. The second-order valence-electron chi connectivity index (χ2n) is 15.4. The minimum Gasteiger partial charge on any atom is -0.494 e. The average molecular weight is 916 g/mol. The van der Waals surface area contributed by atoms with Crippen LogP contribution in [0.5, 0.6) is 11.5 Å². The summed E-state index contributed by atoms with van der Waals surface area (Å²) in [5.41, 5.74) is 15.3. The highest BCUT2D eigenvalue weighted by molar-refractivity contribution is 6.14. The predicted octanol–water partition coefficient (Wildman–Crippen LogP) is 2.39. The first-order valence-corrected chi connectivity index (χ1v) is 21.3. The van der Waals surface area contributed by atoms with Crippen molar-refractivity contribution in [1.29, 1.82) is 0 Å². The van der Waals surface area contributed by atoms with Gasteiger partial charge in [-0.05, 0) is 70.5 Å². The van der Waals surface area contributed by atoms with Crippen molar-refractivity contribution in [2.45, 2.75) is 66.7 Å². The van der Waals surface area contributed by atoms with Crippen LogP contribution in [-0.2, 0) is 47.0 Å². The van der Waals surface area contributed by atoms with E-state index in [9.17, 15) is 33.6 Å². The summed E-state index contributed by atoms with van der Waals surface area (Å²) in [7, 11) is 1.44. The zero-order valence-corrected chi connectivity index (χ0v) is 37.5. The molecule has 22 heteroatoms. The highest BCUT2D eigenvalue weighted by Crippen LogP contribution is 2.32. The fourth-order valence-electron chi connectivity index (χ4n) is 7.67. The summed E-state index contributed by atoms with van der Waals surface area (Å²) < 4.78 is 18.6. The number of imide groups is 1. The van der Waals surface area contributed by atoms with Crippen molar-refractivity contribution < 1.29 is 43.0 Å². The summed E-state index contributed by atoms with van der Waals surface area (Å²) in [5, 5.41) is 14.4. The lowest BCUT2D eigenvalue weighted by Gasteiger charge is -2.14. The maximum atomic E-state index is 13.9. The summed E-state index contributed by atoms with van der Waals surface area (Å²) in [6, 6.07) is 9.37. The Kier molecular flexibility index (Phi) is 13.7. The number of fused-ring (bicyclic) bond motifs is 2. The molecule has 0 unspecified atom stereocenters. The maximum Gasteiger partial charge on any atom is 0.276 e. The summed E-state index contributed by atoms with van der Waals surface area (Å²) in [6.07, 6.45) is 5.96. The molecule has 1 aliphatic heterocycles. The number of nitrogens with zero attached hydrogens (tertiary/aromatic N) is 9. The van der Waals surface area contributed by atoms with Crippen LogP contribution >= 0.6 is 0 Å². The summed E-state index contributed by atoms with van der Waals surface area (Å²) in [5.74, 6) is -2.83. The zero-order valence-electron chi connectivity index (χ0n) is 37.5. The number of ketones is 1. The quantitative estimate of drug-likeness (QED) is 0.0350. The first-order chi connectivity index (χ1) is 32.1. The van der Waals surface area contributed by atoms with Gasteiger partial charge in [0.25, 0.3) is 17.7 Å². The topological polar surface area (TPSA) is 289 Å². The van der Waals surface area contributed by atoms with Crippen molar-refractivity contribution in [2.24, 2.45) is 11.5 Å². The molecule has 7 rings (SSSR count). The van der Waals surface area contributed by atoms with Crippen molar-refractivity contribution in [3.63, 3.8) is 0 Å². The van der Waals surface area contributed by atoms with Crippen LogP contribution in [0.4, 0.5) is 5.95 Å². The number of hydrogen-bond donors (Lipinski definition) is 4. The van der Waals surface area contributed by atoms with Gasteiger partial charge in [-0.2, -0.15) is 10.2 Å². The first-order valence-electron chi connectivity index (χ1n) is 21.3. The van der Waals surface area contributed by atoms with Crippen LogP contribution in [0.2, 0.25) is 0 Å². The van der Waals surface area contributed by atoms with Crippen LogP contribution in [0, 0.1) is 13.8 Å². The Labute approximate surface area is 382 Å². The Bertz CT molecular complexity index is 3020. The molecule has 348 valence electrons. The molecular formula is C45H49N13O9. The van der Waals surface area contributed by atoms with Gasteiger partial charge in [0.15, 0.2) is 5.78 Å². The van der Waals surface area contributed by atoms with Gasteiger partial charge in [0.05, 0.1) is 42.6 Å². The number of benzene rings is 2. The minimum absolute atomic E-state index is 0.0467. The molecule has 0 saturated carbocycles. The standard InChI is InChI=1S/C45H49N13O9/c1-6-57-31(17-25(3)52-57)33(59)23-36-49-29-19-28(43(47)64)22-35(67-16-10-13-48-37(60)24-56-38(61)11-12-39(56)62)41(29)54(36)14-8-9-15-55-40-30(20-27(42(46)63)21-34(40)66-5)50-45(55)51-44(65)32-18-26(4)53-58(32)7-2/h8-9,11-12,17-22H,6-7,10,13-16,23-24H2,1-5H3,(H2,46,63)(H2,47,64)(H,48,60)(H,50,51,65)/b9-8+. The SMILES string of the molecule is CCn1nc(C)cc1C(=O)Cc1nc2cc(C(N)=O)cc(OCCCNC(=O)CN3C(=O)C=CC3=O)c2n1C/C=C/Cn1c(NC(=O)c2cc(C)nn2CC)nc2cc(C(N)=O)cc(OC)c21. The number of nitrogens with one attached hydrogen (secondary N) is 2. The van der Waals surface area contributed by atoms with Gasteiger partial charge in [-0.25, -0.2) is 9.97 Å². The van der Waals surface area contributed by atoms with Gasteiger partial charge in [-0.3, -0.25) is 53.1 Å². The molecule has 0 bridgehead atoms. The van der Waals surface area contributed by atoms with Gasteiger partial charge >= 0.3 is 0 Å². The van der Waals surface area contributed by atoms with Gasteiger partial charge in [-0.1, -0.05) is 12.2 Å². The molecule has 4 aromatic heterocycles. The van der Waals surface area contributed by atoms with Gasteiger partial charge in [-0.15, -0.1) is 0 Å². The monoisotopic (exact) mass is 915 g/mol. The van der Waals surface area contributed by atoms with E-state index in [1.165, 1.54) is 31.4 Å². The van der Waals surface area contributed by atoms with Crippen molar-refractivity contribution in [3.8, 4) is 11.5 Å². The van der Waals surface area contributed by atoms with Gasteiger partial charge < -0.3 is 35.4 Å². The number of carbonyl (C=O) groups excluding carboxylic acids is 7. The van der Waals surface area contributed by atoms with Crippen LogP contribution in [0.25, 0.3) is 22.1 Å². The number of Topliss-reactive ketones (excluding diaryl/α,β-unsaturated/α-hetero) is 1. The van der Waals surface area contributed by atoms with Crippen LogP contribution in [0.1, 0.15) is 79.2 Å². The molecule has 6 aromatic rings. The second-order valence-corrected chi connectivity index (χ2v) is 15.4. The van der Waals surface area contributed by atoms with Crippen molar-refractivity contribution in [1.82, 2.24) is 48.9 Å². The van der Waals surface area contributed by atoms with E-state index in [-0.39, 0.29) is 73.4 Å². The Hall–Kier alpha value is -8.43. The van der Waals surface area contributed by atoms with Crippen molar-refractivity contribution >= 4 is 69.2 Å². The largest absolute Gasteiger partial charge is 0.494 e. The number of amides is 6. The fourth-order valence-corrected chi connectivity index (χ4v) is 7.67. The number of aryl methyl sites for hydroxylation is 4. The molecule has 0 spiro atoms. The summed E-state index contributed by atoms with van der Waals surface area (Å²) in [4.78, 5) is 99.1. The molecular weight excluding hydrogens is 867 g/mol. The number of primary amides is 2. The molecule has 22 nitrogen and oxygen atoms in total. The molecule has 2 aromatic carbocycles. The van der Waals surface area contributed by atoms with Gasteiger partial charge in [0, 0.05) is 56.0 Å². The highest BCUT2D eigenvalue weighted by atomic mass is 16.5. The van der Waals surface area contributed by atoms with E-state index < -0.39 is 42.0 Å². The summed E-state index contributed by atoms with van der Waals surface area (Å²) >= 11 is 0. The Morgan fingerprint density at radius 1 is 0.746 bits per heavy atom. The molecule has 0 fully saturated rings. The molecule has 0 atom stereocenters. The third-order valence-electron chi connectivity index (χ3n) is 10.8. The van der Waals surface area contributed by atoms with E-state index in [1.807, 2.05) is 26.0 Å². The van der Waals surface area contributed by atoms with Crippen LogP contribution < -0.4 is 31.6 Å². The molecule has 6 N–H and O–H groups in total. The Morgan fingerprint density at radius 2 is 1.31 bits per heavy atom. The fraction of sp³-hybridized carbons (Fsp3) is 0.311. The lowest BCUT2D eigenvalue weighted by Crippen LogP contribution is -2.40. The van der Waals surface area contributed by atoms with Crippen LogP contribution in [0.15, 0.2) is 60.7 Å².